The first-order valence-corrected chi connectivity index (χ1v) is 4.81. The fourth-order valence-corrected chi connectivity index (χ4v) is 1.53. The second-order valence-electron chi connectivity index (χ2n) is 3.93. The smallest absolute Gasteiger partial charge is 0.220 e. The SMILES string of the molecule is O=C(CC1CC1)NC1COCC1O. The van der Waals surface area contributed by atoms with Crippen molar-refractivity contribution >= 4 is 5.91 Å². The molecule has 2 aliphatic rings. The number of nitrogens with one attached hydrogen (secondary N) is 1. The second-order valence-corrected chi connectivity index (χ2v) is 3.93. The number of carbonyl (C=O) groups excluding carboxylic acids is 1. The van der Waals surface area contributed by atoms with Gasteiger partial charge in [0.1, 0.15) is 0 Å². The third-order valence-electron chi connectivity index (χ3n) is 2.57. The van der Waals surface area contributed by atoms with E-state index in [0.717, 1.165) is 0 Å². The molecule has 74 valence electrons. The van der Waals surface area contributed by atoms with E-state index >= 15 is 0 Å². The molecule has 1 aliphatic carbocycles. The summed E-state index contributed by atoms with van der Waals surface area (Å²) in [6, 6.07) is -0.189. The van der Waals surface area contributed by atoms with E-state index in [1.807, 2.05) is 0 Å². The highest BCUT2D eigenvalue weighted by Gasteiger charge is 2.30. The van der Waals surface area contributed by atoms with Crippen molar-refractivity contribution in [1.29, 1.82) is 0 Å². The molecule has 0 aromatic carbocycles. The third-order valence-corrected chi connectivity index (χ3v) is 2.57. The predicted octanol–water partition coefficient (Wildman–Crippen LogP) is -0.338. The molecule has 2 unspecified atom stereocenters. The van der Waals surface area contributed by atoms with Gasteiger partial charge in [0.2, 0.25) is 5.91 Å². The number of ether oxygens (including phenoxy) is 1. The second kappa shape index (κ2) is 3.64. The molecule has 1 heterocycles. The Kier molecular flexibility index (Phi) is 2.51. The summed E-state index contributed by atoms with van der Waals surface area (Å²) in [6.07, 6.45) is 2.44. The van der Waals surface area contributed by atoms with Gasteiger partial charge in [-0.15, -0.1) is 0 Å². The number of carbonyl (C=O) groups is 1. The van der Waals surface area contributed by atoms with Gasteiger partial charge >= 0.3 is 0 Å². The number of hydrogen-bond acceptors (Lipinski definition) is 3. The van der Waals surface area contributed by atoms with Crippen LogP contribution in [0.5, 0.6) is 0 Å². The maximum atomic E-state index is 11.3. The van der Waals surface area contributed by atoms with Crippen LogP contribution in [0.2, 0.25) is 0 Å². The molecule has 4 heteroatoms. The molecular weight excluding hydrogens is 170 g/mol. The summed E-state index contributed by atoms with van der Waals surface area (Å²) in [6.45, 7) is 0.784. The molecule has 2 rings (SSSR count). The Morgan fingerprint density at radius 1 is 1.46 bits per heavy atom. The maximum Gasteiger partial charge on any atom is 0.220 e. The zero-order valence-corrected chi connectivity index (χ0v) is 7.53. The van der Waals surface area contributed by atoms with Gasteiger partial charge in [0.05, 0.1) is 25.4 Å². The van der Waals surface area contributed by atoms with E-state index in [4.69, 9.17) is 4.74 Å². The van der Waals surface area contributed by atoms with E-state index in [1.54, 1.807) is 0 Å². The van der Waals surface area contributed by atoms with Crippen LogP contribution in [-0.2, 0) is 9.53 Å². The largest absolute Gasteiger partial charge is 0.388 e. The Bertz CT molecular complexity index is 203. The van der Waals surface area contributed by atoms with Gasteiger partial charge in [0, 0.05) is 6.42 Å². The van der Waals surface area contributed by atoms with Crippen molar-refractivity contribution in [2.45, 2.75) is 31.4 Å². The van der Waals surface area contributed by atoms with Crippen LogP contribution in [0.1, 0.15) is 19.3 Å². The standard InChI is InChI=1S/C9H15NO3/c11-8-5-13-4-7(8)10-9(12)3-6-1-2-6/h6-8,11H,1-5H2,(H,10,12). The molecule has 0 spiro atoms. The zero-order valence-electron chi connectivity index (χ0n) is 7.53. The van der Waals surface area contributed by atoms with E-state index in [9.17, 15) is 9.90 Å². The summed E-state index contributed by atoms with van der Waals surface area (Å²) < 4.78 is 5.03. The van der Waals surface area contributed by atoms with Crippen LogP contribution in [0.15, 0.2) is 0 Å². The molecule has 0 bridgehead atoms. The highest BCUT2D eigenvalue weighted by atomic mass is 16.5. The lowest BCUT2D eigenvalue weighted by molar-refractivity contribution is -0.122. The molecule has 0 radical (unpaired) electrons. The first-order chi connectivity index (χ1) is 6.25. The summed E-state index contributed by atoms with van der Waals surface area (Å²) >= 11 is 0. The molecule has 0 aromatic heterocycles. The Balaban J connectivity index is 1.72. The summed E-state index contributed by atoms with van der Waals surface area (Å²) in [5.41, 5.74) is 0. The summed E-state index contributed by atoms with van der Waals surface area (Å²) in [5.74, 6) is 0.650. The van der Waals surface area contributed by atoms with Crippen molar-refractivity contribution in [3.05, 3.63) is 0 Å². The fraction of sp³-hybridized carbons (Fsp3) is 0.889. The molecule has 1 saturated heterocycles. The molecule has 0 aromatic rings. The highest BCUT2D eigenvalue weighted by Crippen LogP contribution is 2.32. The lowest BCUT2D eigenvalue weighted by atomic mass is 10.2. The predicted molar refractivity (Wildman–Crippen MR) is 46.1 cm³/mol. The number of rotatable bonds is 3. The first-order valence-electron chi connectivity index (χ1n) is 4.81. The van der Waals surface area contributed by atoms with Gasteiger partial charge in [-0.25, -0.2) is 0 Å². The molecule has 2 N–H and O–H groups in total. The van der Waals surface area contributed by atoms with Gasteiger partial charge in [-0.2, -0.15) is 0 Å². The molecule has 1 amide bonds. The van der Waals surface area contributed by atoms with Gasteiger partial charge < -0.3 is 15.2 Å². The summed E-state index contributed by atoms with van der Waals surface area (Å²) in [7, 11) is 0. The van der Waals surface area contributed by atoms with Gasteiger partial charge in [-0.05, 0) is 18.8 Å². The molecular formula is C9H15NO3. The van der Waals surface area contributed by atoms with E-state index in [-0.39, 0.29) is 11.9 Å². The fourth-order valence-electron chi connectivity index (χ4n) is 1.53. The Morgan fingerprint density at radius 3 is 2.77 bits per heavy atom. The minimum absolute atomic E-state index is 0.0528. The Morgan fingerprint density at radius 2 is 2.23 bits per heavy atom. The van der Waals surface area contributed by atoms with Gasteiger partial charge in [0.25, 0.3) is 0 Å². The lowest BCUT2D eigenvalue weighted by Crippen LogP contribution is -2.42. The number of hydrogen-bond donors (Lipinski definition) is 2. The number of aliphatic hydroxyl groups is 1. The van der Waals surface area contributed by atoms with Crippen molar-refractivity contribution in [3.8, 4) is 0 Å². The van der Waals surface area contributed by atoms with Crippen LogP contribution in [0.25, 0.3) is 0 Å². The van der Waals surface area contributed by atoms with Gasteiger partial charge in [-0.1, -0.05) is 0 Å². The zero-order chi connectivity index (χ0) is 9.26. The monoisotopic (exact) mass is 185 g/mol. The molecule has 2 fully saturated rings. The van der Waals surface area contributed by atoms with Gasteiger partial charge in [-0.3, -0.25) is 4.79 Å². The topological polar surface area (TPSA) is 58.6 Å². The van der Waals surface area contributed by atoms with Crippen molar-refractivity contribution in [2.75, 3.05) is 13.2 Å². The Hall–Kier alpha value is -0.610. The first kappa shape index (κ1) is 8.97. The third kappa shape index (κ3) is 2.42. The average molecular weight is 185 g/mol. The summed E-state index contributed by atoms with van der Waals surface area (Å²) in [4.78, 5) is 11.3. The van der Waals surface area contributed by atoms with Crippen molar-refractivity contribution in [3.63, 3.8) is 0 Å². The van der Waals surface area contributed by atoms with Crippen LogP contribution >= 0.6 is 0 Å². The van der Waals surface area contributed by atoms with Crippen LogP contribution in [0, 0.1) is 5.92 Å². The maximum absolute atomic E-state index is 11.3. The van der Waals surface area contributed by atoms with Crippen molar-refractivity contribution < 1.29 is 14.6 Å². The van der Waals surface area contributed by atoms with Crippen LogP contribution in [0.4, 0.5) is 0 Å². The Labute approximate surface area is 77.3 Å². The summed E-state index contributed by atoms with van der Waals surface area (Å²) in [5, 5.41) is 12.1. The number of aliphatic hydroxyl groups excluding tert-OH is 1. The lowest BCUT2D eigenvalue weighted by Gasteiger charge is -2.13. The average Bonchev–Trinajstić information content (AvgIpc) is 2.79. The molecule has 1 saturated carbocycles. The van der Waals surface area contributed by atoms with E-state index in [0.29, 0.717) is 25.6 Å². The van der Waals surface area contributed by atoms with E-state index in [2.05, 4.69) is 5.32 Å². The van der Waals surface area contributed by atoms with Gasteiger partial charge in [0.15, 0.2) is 0 Å². The normalized spacial score (nSPS) is 33.3. The highest BCUT2D eigenvalue weighted by molar-refractivity contribution is 5.76. The minimum atomic E-state index is -0.525. The molecule has 13 heavy (non-hydrogen) atoms. The molecule has 1 aliphatic heterocycles. The van der Waals surface area contributed by atoms with Crippen LogP contribution < -0.4 is 5.32 Å². The van der Waals surface area contributed by atoms with E-state index < -0.39 is 6.10 Å². The number of amides is 1. The minimum Gasteiger partial charge on any atom is -0.388 e. The molecule has 4 nitrogen and oxygen atoms in total. The molecule has 2 atom stereocenters. The van der Waals surface area contributed by atoms with Crippen molar-refractivity contribution in [2.24, 2.45) is 5.92 Å². The van der Waals surface area contributed by atoms with Crippen LogP contribution in [-0.4, -0.2) is 36.4 Å². The van der Waals surface area contributed by atoms with Crippen LogP contribution in [0.3, 0.4) is 0 Å². The van der Waals surface area contributed by atoms with E-state index in [1.165, 1.54) is 12.8 Å². The quantitative estimate of drug-likeness (QED) is 0.632. The van der Waals surface area contributed by atoms with Crippen molar-refractivity contribution in [1.82, 2.24) is 5.32 Å².